The molecule has 1 aliphatic carbocycles. The van der Waals surface area contributed by atoms with E-state index in [0.717, 1.165) is 5.57 Å². The van der Waals surface area contributed by atoms with Gasteiger partial charge in [-0.15, -0.1) is 0 Å². The van der Waals surface area contributed by atoms with Crippen LogP contribution in [0.4, 0.5) is 13.2 Å². The monoisotopic (exact) mass is 284 g/mol. The predicted octanol–water partition coefficient (Wildman–Crippen LogP) is 5.07. The van der Waals surface area contributed by atoms with Crippen LogP contribution >= 0.6 is 11.6 Å². The molecule has 106 valence electrons. The Labute approximate surface area is 112 Å². The number of hydrogen-bond donors (Lipinski definition) is 0. The molecular weight excluding hydrogens is 265 g/mol. The standard InChI is InChI=1S/C11H14ClF3O.C2H6/c1-7(2)8-3-9(12)5-10(4-8)16-6-11(13,14)15;1-2/h3,5,7,10H,4,6H2,1-2H3;1-2H3. The average Bonchev–Trinajstić information content (AvgIpc) is 2.27. The van der Waals surface area contributed by atoms with Crippen molar-refractivity contribution in [1.82, 2.24) is 0 Å². The lowest BCUT2D eigenvalue weighted by atomic mass is 9.93. The summed E-state index contributed by atoms with van der Waals surface area (Å²) < 4.78 is 40.7. The van der Waals surface area contributed by atoms with Gasteiger partial charge in [0.05, 0.1) is 6.10 Å². The zero-order valence-corrected chi connectivity index (χ0v) is 11.9. The third-order valence-corrected chi connectivity index (χ3v) is 2.54. The van der Waals surface area contributed by atoms with Gasteiger partial charge in [0.15, 0.2) is 0 Å². The smallest absolute Gasteiger partial charge is 0.364 e. The van der Waals surface area contributed by atoms with Crippen LogP contribution in [0.3, 0.4) is 0 Å². The molecule has 0 heterocycles. The molecule has 1 atom stereocenters. The maximum Gasteiger partial charge on any atom is 0.411 e. The van der Waals surface area contributed by atoms with Gasteiger partial charge in [0.1, 0.15) is 6.61 Å². The van der Waals surface area contributed by atoms with Gasteiger partial charge in [0.25, 0.3) is 0 Å². The summed E-state index contributed by atoms with van der Waals surface area (Å²) in [6, 6.07) is 0. The van der Waals surface area contributed by atoms with E-state index in [2.05, 4.69) is 0 Å². The molecule has 0 amide bonds. The molecule has 5 heteroatoms. The zero-order chi connectivity index (χ0) is 14.3. The summed E-state index contributed by atoms with van der Waals surface area (Å²) in [5, 5.41) is 0.446. The van der Waals surface area contributed by atoms with Crippen LogP contribution in [0.15, 0.2) is 22.8 Å². The lowest BCUT2D eigenvalue weighted by Gasteiger charge is -2.23. The minimum Gasteiger partial charge on any atom is -0.364 e. The van der Waals surface area contributed by atoms with Gasteiger partial charge >= 0.3 is 6.18 Å². The van der Waals surface area contributed by atoms with Crippen LogP contribution in [0, 0.1) is 5.92 Å². The molecule has 1 rings (SSSR count). The summed E-state index contributed by atoms with van der Waals surface area (Å²) in [5.41, 5.74) is 1.01. The Hall–Kier alpha value is -0.480. The predicted molar refractivity (Wildman–Crippen MR) is 68.6 cm³/mol. The largest absolute Gasteiger partial charge is 0.411 e. The highest BCUT2D eigenvalue weighted by atomic mass is 35.5. The number of hydrogen-bond acceptors (Lipinski definition) is 1. The third-order valence-electron chi connectivity index (χ3n) is 2.31. The molecule has 0 aromatic carbocycles. The summed E-state index contributed by atoms with van der Waals surface area (Å²) >= 11 is 5.82. The highest BCUT2D eigenvalue weighted by Gasteiger charge is 2.29. The molecule has 18 heavy (non-hydrogen) atoms. The first kappa shape index (κ1) is 17.5. The molecule has 1 aliphatic rings. The molecular formula is C13H20ClF3O. The quantitative estimate of drug-likeness (QED) is 0.703. The summed E-state index contributed by atoms with van der Waals surface area (Å²) in [4.78, 5) is 0. The maximum absolute atomic E-state index is 12.0. The minimum absolute atomic E-state index is 0.263. The normalized spacial score (nSPS) is 19.9. The van der Waals surface area contributed by atoms with E-state index >= 15 is 0 Å². The lowest BCUT2D eigenvalue weighted by Crippen LogP contribution is -2.24. The Bertz CT molecular complexity index is 306. The van der Waals surface area contributed by atoms with E-state index < -0.39 is 18.9 Å². The highest BCUT2D eigenvalue weighted by molar-refractivity contribution is 6.31. The van der Waals surface area contributed by atoms with Gasteiger partial charge < -0.3 is 4.74 Å². The van der Waals surface area contributed by atoms with E-state index in [1.165, 1.54) is 6.08 Å². The second-order valence-corrected chi connectivity index (χ2v) is 4.53. The molecule has 1 nitrogen and oxygen atoms in total. The van der Waals surface area contributed by atoms with Crippen molar-refractivity contribution in [2.75, 3.05) is 6.61 Å². The van der Waals surface area contributed by atoms with Gasteiger partial charge in [0.2, 0.25) is 0 Å². The van der Waals surface area contributed by atoms with Crippen molar-refractivity contribution in [1.29, 1.82) is 0 Å². The molecule has 0 aromatic heterocycles. The second-order valence-electron chi connectivity index (χ2n) is 4.09. The van der Waals surface area contributed by atoms with Crippen molar-refractivity contribution in [2.45, 2.75) is 46.4 Å². The Morgan fingerprint density at radius 1 is 1.39 bits per heavy atom. The van der Waals surface area contributed by atoms with Crippen molar-refractivity contribution >= 4 is 11.6 Å². The first-order valence-electron chi connectivity index (χ1n) is 6.04. The maximum atomic E-state index is 12.0. The third kappa shape index (κ3) is 7.07. The Kier molecular flexibility index (Phi) is 7.64. The summed E-state index contributed by atoms with van der Waals surface area (Å²) in [5.74, 6) is 0.263. The van der Waals surface area contributed by atoms with E-state index in [0.29, 0.717) is 11.5 Å². The first-order chi connectivity index (χ1) is 8.28. The topological polar surface area (TPSA) is 9.23 Å². The van der Waals surface area contributed by atoms with Crippen LogP contribution < -0.4 is 0 Å². The number of allylic oxidation sites excluding steroid dienone is 2. The van der Waals surface area contributed by atoms with Crippen molar-refractivity contribution in [3.8, 4) is 0 Å². The Morgan fingerprint density at radius 2 is 1.94 bits per heavy atom. The molecule has 0 radical (unpaired) electrons. The number of halogens is 4. The van der Waals surface area contributed by atoms with E-state index in [1.807, 2.05) is 27.7 Å². The fourth-order valence-electron chi connectivity index (χ4n) is 1.46. The van der Waals surface area contributed by atoms with E-state index in [4.69, 9.17) is 16.3 Å². The summed E-state index contributed by atoms with van der Waals surface area (Å²) in [6.45, 7) is 6.72. The average molecular weight is 285 g/mol. The van der Waals surface area contributed by atoms with Gasteiger partial charge in [-0.1, -0.05) is 44.9 Å². The summed E-state index contributed by atoms with van der Waals surface area (Å²) in [6.07, 6.45) is -1.08. The van der Waals surface area contributed by atoms with E-state index in [9.17, 15) is 13.2 Å². The zero-order valence-electron chi connectivity index (χ0n) is 11.1. The minimum atomic E-state index is -4.29. The first-order valence-corrected chi connectivity index (χ1v) is 6.42. The van der Waals surface area contributed by atoms with Gasteiger partial charge in [-0.3, -0.25) is 0 Å². The van der Waals surface area contributed by atoms with Crippen LogP contribution in [0.2, 0.25) is 0 Å². The van der Waals surface area contributed by atoms with Crippen molar-refractivity contribution in [2.24, 2.45) is 5.92 Å². The van der Waals surface area contributed by atoms with Crippen molar-refractivity contribution in [3.63, 3.8) is 0 Å². The molecule has 0 bridgehead atoms. The molecule has 0 aromatic rings. The van der Waals surface area contributed by atoms with Gasteiger partial charge in [-0.25, -0.2) is 0 Å². The lowest BCUT2D eigenvalue weighted by molar-refractivity contribution is -0.180. The van der Waals surface area contributed by atoms with Gasteiger partial charge in [-0.2, -0.15) is 13.2 Å². The second kappa shape index (κ2) is 7.85. The fourth-order valence-corrected chi connectivity index (χ4v) is 1.74. The number of alkyl halides is 3. The number of rotatable bonds is 3. The van der Waals surface area contributed by atoms with Crippen LogP contribution in [0.5, 0.6) is 0 Å². The summed E-state index contributed by atoms with van der Waals surface area (Å²) in [7, 11) is 0. The van der Waals surface area contributed by atoms with Crippen LogP contribution in [-0.4, -0.2) is 18.9 Å². The highest BCUT2D eigenvalue weighted by Crippen LogP contribution is 2.28. The molecule has 0 saturated carbocycles. The van der Waals surface area contributed by atoms with Gasteiger partial charge in [0, 0.05) is 5.03 Å². The number of ether oxygens (including phenoxy) is 1. The molecule has 0 spiro atoms. The molecule has 0 aliphatic heterocycles. The van der Waals surface area contributed by atoms with Crippen molar-refractivity contribution < 1.29 is 17.9 Å². The van der Waals surface area contributed by atoms with Crippen LogP contribution in [0.1, 0.15) is 34.1 Å². The Morgan fingerprint density at radius 3 is 2.39 bits per heavy atom. The van der Waals surface area contributed by atoms with E-state index in [1.54, 1.807) is 6.08 Å². The van der Waals surface area contributed by atoms with Crippen LogP contribution in [-0.2, 0) is 4.74 Å². The van der Waals surface area contributed by atoms with E-state index in [-0.39, 0.29) is 5.92 Å². The van der Waals surface area contributed by atoms with Gasteiger partial charge in [-0.05, 0) is 24.5 Å². The Balaban J connectivity index is 0.00000137. The molecule has 0 N–H and O–H groups in total. The molecule has 0 saturated heterocycles. The molecule has 0 fully saturated rings. The van der Waals surface area contributed by atoms with Crippen molar-refractivity contribution in [3.05, 3.63) is 22.8 Å². The fraction of sp³-hybridized carbons (Fsp3) is 0.692. The van der Waals surface area contributed by atoms with Crippen LogP contribution in [0.25, 0.3) is 0 Å². The SMILES string of the molecule is CC.CC(C)C1=CC(Cl)=CC(OCC(F)(F)F)C1. The molecule has 1 unspecified atom stereocenters.